The van der Waals surface area contributed by atoms with E-state index in [1.807, 2.05) is 0 Å². The molecule has 0 bridgehead atoms. The SMILES string of the molecule is C[C@H](N)C(=O)NCc1cccc(-n2nc(C(F)(F)F)cc2C(=O)Nc2nncs2)c1. The van der Waals surface area contributed by atoms with Crippen LogP contribution in [-0.4, -0.2) is 37.8 Å². The number of amides is 2. The zero-order valence-corrected chi connectivity index (χ0v) is 16.3. The molecule has 2 heterocycles. The van der Waals surface area contributed by atoms with Crippen molar-refractivity contribution in [2.24, 2.45) is 5.73 Å². The van der Waals surface area contributed by atoms with Crippen LogP contribution in [0, 0.1) is 0 Å². The molecule has 13 heteroatoms. The molecule has 30 heavy (non-hydrogen) atoms. The summed E-state index contributed by atoms with van der Waals surface area (Å²) in [5.74, 6) is -1.21. The Labute approximate surface area is 172 Å². The van der Waals surface area contributed by atoms with Crippen molar-refractivity contribution in [2.45, 2.75) is 25.7 Å². The molecule has 158 valence electrons. The molecule has 2 aromatic heterocycles. The van der Waals surface area contributed by atoms with Gasteiger partial charge in [-0.3, -0.25) is 14.9 Å². The molecule has 9 nitrogen and oxygen atoms in total. The summed E-state index contributed by atoms with van der Waals surface area (Å²) >= 11 is 1.02. The van der Waals surface area contributed by atoms with Gasteiger partial charge in [-0.05, 0) is 24.6 Å². The lowest BCUT2D eigenvalue weighted by molar-refractivity contribution is -0.141. The van der Waals surface area contributed by atoms with Gasteiger partial charge in [-0.15, -0.1) is 10.2 Å². The summed E-state index contributed by atoms with van der Waals surface area (Å²) < 4.78 is 40.5. The Morgan fingerprint density at radius 3 is 2.70 bits per heavy atom. The summed E-state index contributed by atoms with van der Waals surface area (Å²) in [5, 5.41) is 15.9. The second-order valence-corrected chi connectivity index (χ2v) is 7.03. The maximum atomic E-state index is 13.2. The van der Waals surface area contributed by atoms with Crippen LogP contribution in [0.2, 0.25) is 0 Å². The minimum atomic E-state index is -4.74. The van der Waals surface area contributed by atoms with Gasteiger partial charge in [0.1, 0.15) is 11.2 Å². The number of carbonyl (C=O) groups excluding carboxylic acids is 2. The van der Waals surface area contributed by atoms with Crippen molar-refractivity contribution in [3.05, 3.63) is 52.8 Å². The van der Waals surface area contributed by atoms with Gasteiger partial charge in [0.2, 0.25) is 11.0 Å². The van der Waals surface area contributed by atoms with Gasteiger partial charge in [0.15, 0.2) is 5.69 Å². The number of nitrogens with two attached hydrogens (primary N) is 1. The largest absolute Gasteiger partial charge is 0.435 e. The quantitative estimate of drug-likeness (QED) is 0.539. The van der Waals surface area contributed by atoms with E-state index in [9.17, 15) is 22.8 Å². The summed E-state index contributed by atoms with van der Waals surface area (Å²) in [4.78, 5) is 24.2. The highest BCUT2D eigenvalue weighted by atomic mass is 32.1. The van der Waals surface area contributed by atoms with Crippen molar-refractivity contribution in [1.29, 1.82) is 0 Å². The van der Waals surface area contributed by atoms with Gasteiger partial charge in [-0.25, -0.2) is 4.68 Å². The number of alkyl halides is 3. The molecule has 3 aromatic rings. The van der Waals surface area contributed by atoms with E-state index in [-0.39, 0.29) is 29.0 Å². The number of carbonyl (C=O) groups is 2. The maximum absolute atomic E-state index is 13.2. The highest BCUT2D eigenvalue weighted by Gasteiger charge is 2.36. The molecular formula is C17H16F3N7O2S. The number of nitrogens with one attached hydrogen (secondary N) is 2. The monoisotopic (exact) mass is 439 g/mol. The normalized spacial score (nSPS) is 12.4. The lowest BCUT2D eigenvalue weighted by Crippen LogP contribution is -2.37. The van der Waals surface area contributed by atoms with Gasteiger partial charge < -0.3 is 11.1 Å². The second kappa shape index (κ2) is 8.59. The Balaban J connectivity index is 1.94. The van der Waals surface area contributed by atoms with Crippen molar-refractivity contribution in [1.82, 2.24) is 25.3 Å². The van der Waals surface area contributed by atoms with Crippen molar-refractivity contribution in [3.63, 3.8) is 0 Å². The van der Waals surface area contributed by atoms with Crippen LogP contribution in [0.5, 0.6) is 0 Å². The topological polar surface area (TPSA) is 128 Å². The number of anilines is 1. The number of aromatic nitrogens is 4. The average molecular weight is 439 g/mol. The van der Waals surface area contributed by atoms with Crippen molar-refractivity contribution in [3.8, 4) is 5.69 Å². The first-order chi connectivity index (χ1) is 14.1. The van der Waals surface area contributed by atoms with E-state index in [1.54, 1.807) is 12.1 Å². The Morgan fingerprint density at radius 2 is 2.07 bits per heavy atom. The molecule has 0 radical (unpaired) electrons. The summed E-state index contributed by atoms with van der Waals surface area (Å²) in [7, 11) is 0. The highest BCUT2D eigenvalue weighted by molar-refractivity contribution is 7.13. The third-order valence-electron chi connectivity index (χ3n) is 3.85. The number of nitrogens with zero attached hydrogens (tertiary/aromatic N) is 4. The highest BCUT2D eigenvalue weighted by Crippen LogP contribution is 2.30. The van der Waals surface area contributed by atoms with Gasteiger partial charge in [0.05, 0.1) is 11.7 Å². The molecule has 3 rings (SSSR count). The van der Waals surface area contributed by atoms with E-state index in [0.29, 0.717) is 11.6 Å². The van der Waals surface area contributed by atoms with Gasteiger partial charge in [-0.1, -0.05) is 23.5 Å². The van der Waals surface area contributed by atoms with Crippen LogP contribution in [0.25, 0.3) is 5.69 Å². The summed E-state index contributed by atoms with van der Waals surface area (Å²) in [5.41, 5.74) is 6.09. The molecule has 0 aliphatic carbocycles. The molecule has 0 spiro atoms. The van der Waals surface area contributed by atoms with E-state index in [4.69, 9.17) is 5.73 Å². The summed E-state index contributed by atoms with van der Waals surface area (Å²) in [6.45, 7) is 1.63. The molecule has 0 aliphatic rings. The predicted octanol–water partition coefficient (Wildman–Crippen LogP) is 1.96. The fourth-order valence-corrected chi connectivity index (χ4v) is 2.86. The number of hydrogen-bond acceptors (Lipinski definition) is 7. The van der Waals surface area contributed by atoms with E-state index in [2.05, 4.69) is 25.9 Å². The molecule has 0 saturated heterocycles. The summed E-state index contributed by atoms with van der Waals surface area (Å²) in [6, 6.07) is 6.19. The van der Waals surface area contributed by atoms with Crippen LogP contribution in [0.1, 0.15) is 28.7 Å². The van der Waals surface area contributed by atoms with Gasteiger partial charge >= 0.3 is 6.18 Å². The molecular weight excluding hydrogens is 423 g/mol. The van der Waals surface area contributed by atoms with E-state index in [0.717, 1.165) is 16.0 Å². The molecule has 0 fully saturated rings. The average Bonchev–Trinajstić information content (AvgIpc) is 3.35. The minimum absolute atomic E-state index is 0.105. The first-order valence-electron chi connectivity index (χ1n) is 8.52. The fraction of sp³-hybridized carbons (Fsp3) is 0.235. The lowest BCUT2D eigenvalue weighted by atomic mass is 10.2. The van der Waals surface area contributed by atoms with E-state index < -0.39 is 23.8 Å². The van der Waals surface area contributed by atoms with Crippen molar-refractivity contribution >= 4 is 28.3 Å². The number of rotatable bonds is 6. The van der Waals surface area contributed by atoms with E-state index >= 15 is 0 Å². The zero-order valence-electron chi connectivity index (χ0n) is 15.5. The second-order valence-electron chi connectivity index (χ2n) is 6.20. The molecule has 1 atom stereocenters. The molecule has 4 N–H and O–H groups in total. The fourth-order valence-electron chi connectivity index (χ4n) is 2.42. The molecule has 0 unspecified atom stereocenters. The number of hydrogen-bond donors (Lipinski definition) is 3. The zero-order chi connectivity index (χ0) is 21.9. The number of halogens is 3. The van der Waals surface area contributed by atoms with Gasteiger partial charge in [-0.2, -0.15) is 18.3 Å². The minimum Gasteiger partial charge on any atom is -0.351 e. The Morgan fingerprint density at radius 1 is 1.30 bits per heavy atom. The first kappa shape index (κ1) is 21.4. The Kier molecular flexibility index (Phi) is 6.12. The number of benzene rings is 1. The van der Waals surface area contributed by atoms with Gasteiger partial charge in [0, 0.05) is 12.6 Å². The Hall–Kier alpha value is -3.32. The van der Waals surface area contributed by atoms with Crippen LogP contribution in [0.15, 0.2) is 35.8 Å². The molecule has 2 amide bonds. The van der Waals surface area contributed by atoms with Crippen LogP contribution in [-0.2, 0) is 17.5 Å². The van der Waals surface area contributed by atoms with Gasteiger partial charge in [0.25, 0.3) is 5.91 Å². The summed E-state index contributed by atoms with van der Waals surface area (Å²) in [6.07, 6.45) is -4.74. The third kappa shape index (κ3) is 4.99. The predicted molar refractivity (Wildman–Crippen MR) is 102 cm³/mol. The van der Waals surface area contributed by atoms with E-state index in [1.165, 1.54) is 24.6 Å². The van der Waals surface area contributed by atoms with Crippen molar-refractivity contribution < 1.29 is 22.8 Å². The molecule has 0 aliphatic heterocycles. The Bertz CT molecular complexity index is 1050. The first-order valence-corrected chi connectivity index (χ1v) is 9.40. The lowest BCUT2D eigenvalue weighted by Gasteiger charge is -2.11. The molecule has 0 saturated carbocycles. The van der Waals surface area contributed by atoms with Crippen LogP contribution < -0.4 is 16.4 Å². The van der Waals surface area contributed by atoms with Crippen molar-refractivity contribution in [2.75, 3.05) is 5.32 Å². The smallest absolute Gasteiger partial charge is 0.351 e. The maximum Gasteiger partial charge on any atom is 0.435 e. The third-order valence-corrected chi connectivity index (χ3v) is 4.46. The molecule has 1 aromatic carbocycles. The van der Waals surface area contributed by atoms with Crippen LogP contribution in [0.4, 0.5) is 18.3 Å². The standard InChI is InChI=1S/C17H16F3N7O2S/c1-9(21)14(28)22-7-10-3-2-4-11(5-10)27-12(6-13(26-27)17(18,19)20)15(29)24-16-25-23-8-30-16/h2-6,8-9H,7,21H2,1H3,(H,22,28)(H,24,25,29)/t9-/m0/s1. The van der Waals surface area contributed by atoms with Crippen LogP contribution in [0.3, 0.4) is 0 Å². The van der Waals surface area contributed by atoms with Crippen LogP contribution >= 0.6 is 11.3 Å².